The van der Waals surface area contributed by atoms with E-state index in [4.69, 9.17) is 9.47 Å². The summed E-state index contributed by atoms with van der Waals surface area (Å²) in [4.78, 5) is 27.5. The topological polar surface area (TPSA) is 67.9 Å². The Morgan fingerprint density at radius 1 is 1.19 bits per heavy atom. The summed E-state index contributed by atoms with van der Waals surface area (Å²) in [5, 5.41) is 2.97. The molecule has 7 heteroatoms. The van der Waals surface area contributed by atoms with Crippen LogP contribution in [0.2, 0.25) is 0 Å². The number of carbonyl (C=O) groups excluding carboxylic acids is 2. The van der Waals surface area contributed by atoms with Gasteiger partial charge in [0.25, 0.3) is 0 Å². The zero-order valence-corrected chi connectivity index (χ0v) is 18.7. The predicted molar refractivity (Wildman–Crippen MR) is 121 cm³/mol. The highest BCUT2D eigenvalue weighted by Gasteiger charge is 2.29. The minimum atomic E-state index is -0.327. The number of halogens is 1. The monoisotopic (exact) mass is 442 g/mol. The van der Waals surface area contributed by atoms with Crippen LogP contribution < -0.4 is 14.8 Å². The second kappa shape index (κ2) is 11.5. The fourth-order valence-corrected chi connectivity index (χ4v) is 3.73. The maximum atomic E-state index is 13.1. The molecule has 0 bridgehead atoms. The lowest BCUT2D eigenvalue weighted by Gasteiger charge is -2.32. The van der Waals surface area contributed by atoms with Crippen molar-refractivity contribution in [3.8, 4) is 11.5 Å². The number of unbranched alkanes of at least 4 members (excludes halogenated alkanes) is 1. The number of nitrogens with zero attached hydrogens (tertiary/aromatic N) is 1. The van der Waals surface area contributed by atoms with Crippen LogP contribution in [0.1, 0.15) is 38.2 Å². The molecule has 1 aliphatic rings. The van der Waals surface area contributed by atoms with Gasteiger partial charge >= 0.3 is 0 Å². The molecule has 1 aliphatic heterocycles. The third-order valence-electron chi connectivity index (χ3n) is 5.61. The van der Waals surface area contributed by atoms with E-state index in [-0.39, 0.29) is 30.0 Å². The van der Waals surface area contributed by atoms with E-state index in [9.17, 15) is 14.0 Å². The van der Waals surface area contributed by atoms with Crippen LogP contribution in [0.4, 0.5) is 10.1 Å². The smallest absolute Gasteiger partial charge is 0.229 e. The lowest BCUT2D eigenvalue weighted by atomic mass is 9.96. The molecule has 2 aromatic carbocycles. The lowest BCUT2D eigenvalue weighted by molar-refractivity contribution is -0.133. The summed E-state index contributed by atoms with van der Waals surface area (Å²) in [6.45, 7) is 3.64. The van der Waals surface area contributed by atoms with E-state index in [2.05, 4.69) is 12.2 Å². The molecule has 32 heavy (non-hydrogen) atoms. The van der Waals surface area contributed by atoms with Crippen LogP contribution in [0.15, 0.2) is 42.5 Å². The second-order valence-corrected chi connectivity index (χ2v) is 8.04. The third kappa shape index (κ3) is 6.45. The van der Waals surface area contributed by atoms with Crippen molar-refractivity contribution >= 4 is 17.5 Å². The normalized spacial score (nSPS) is 15.8. The third-order valence-corrected chi connectivity index (χ3v) is 5.61. The maximum Gasteiger partial charge on any atom is 0.229 e. The Balaban J connectivity index is 1.63. The number of carbonyl (C=O) groups is 2. The molecule has 1 atom stereocenters. The van der Waals surface area contributed by atoms with Gasteiger partial charge in [0, 0.05) is 19.2 Å². The van der Waals surface area contributed by atoms with Crippen LogP contribution in [-0.2, 0) is 16.0 Å². The maximum absolute atomic E-state index is 13.1. The number of rotatable bonds is 9. The van der Waals surface area contributed by atoms with Gasteiger partial charge in [-0.05, 0) is 49.1 Å². The van der Waals surface area contributed by atoms with Gasteiger partial charge in [0.15, 0.2) is 0 Å². The van der Waals surface area contributed by atoms with E-state index >= 15 is 0 Å². The van der Waals surface area contributed by atoms with Gasteiger partial charge in [0.05, 0.1) is 31.7 Å². The van der Waals surface area contributed by atoms with Gasteiger partial charge in [-0.3, -0.25) is 9.59 Å². The molecule has 1 fully saturated rings. The molecule has 172 valence electrons. The quantitative estimate of drug-likeness (QED) is 0.584. The molecule has 1 unspecified atom stereocenters. The molecule has 6 nitrogen and oxygen atoms in total. The summed E-state index contributed by atoms with van der Waals surface area (Å²) in [7, 11) is 1.57. The van der Waals surface area contributed by atoms with Crippen molar-refractivity contribution in [2.45, 2.75) is 39.0 Å². The Kier molecular flexibility index (Phi) is 8.48. The van der Waals surface area contributed by atoms with Gasteiger partial charge < -0.3 is 19.7 Å². The molecule has 1 heterocycles. The fourth-order valence-electron chi connectivity index (χ4n) is 3.73. The Morgan fingerprint density at radius 3 is 2.69 bits per heavy atom. The average Bonchev–Trinajstić information content (AvgIpc) is 2.81. The summed E-state index contributed by atoms with van der Waals surface area (Å²) in [5.74, 6) is 0.398. The first-order valence-electron chi connectivity index (χ1n) is 11.1. The van der Waals surface area contributed by atoms with E-state index in [0.29, 0.717) is 43.3 Å². The van der Waals surface area contributed by atoms with E-state index in [0.717, 1.165) is 24.8 Å². The zero-order valence-electron chi connectivity index (χ0n) is 18.7. The number of piperidine rings is 1. The standard InChI is InChI=1S/C25H31FN2O4/c1-3-4-14-32-23-12-11-21(31-2)16-22(23)27-25(30)19-6-5-13-28(17-19)24(29)15-18-7-9-20(26)10-8-18/h7-12,16,19H,3-6,13-15,17H2,1-2H3,(H,27,30). The van der Waals surface area contributed by atoms with Crippen molar-refractivity contribution in [3.63, 3.8) is 0 Å². The number of ether oxygens (including phenoxy) is 2. The number of hydrogen-bond donors (Lipinski definition) is 1. The number of hydrogen-bond acceptors (Lipinski definition) is 4. The number of anilines is 1. The van der Waals surface area contributed by atoms with Crippen molar-refractivity contribution in [1.82, 2.24) is 4.90 Å². The summed E-state index contributed by atoms with van der Waals surface area (Å²) < 4.78 is 24.2. The molecule has 1 saturated heterocycles. The van der Waals surface area contributed by atoms with Crippen molar-refractivity contribution in [3.05, 3.63) is 53.8 Å². The average molecular weight is 443 g/mol. The van der Waals surface area contributed by atoms with Crippen molar-refractivity contribution in [2.75, 3.05) is 32.1 Å². The Hall–Kier alpha value is -3.09. The molecule has 2 aromatic rings. The first-order valence-corrected chi connectivity index (χ1v) is 11.1. The molecule has 0 aliphatic carbocycles. The summed E-state index contributed by atoms with van der Waals surface area (Å²) in [6, 6.07) is 11.3. The molecule has 1 N–H and O–H groups in total. The minimum absolute atomic E-state index is 0.0564. The highest BCUT2D eigenvalue weighted by Crippen LogP contribution is 2.30. The predicted octanol–water partition coefficient (Wildman–Crippen LogP) is 4.43. The van der Waals surface area contributed by atoms with Crippen LogP contribution in [0.3, 0.4) is 0 Å². The van der Waals surface area contributed by atoms with Crippen LogP contribution in [0.25, 0.3) is 0 Å². The molecule has 0 aromatic heterocycles. The molecular weight excluding hydrogens is 411 g/mol. The van der Waals surface area contributed by atoms with Gasteiger partial charge in [-0.15, -0.1) is 0 Å². The minimum Gasteiger partial charge on any atom is -0.497 e. The van der Waals surface area contributed by atoms with Crippen molar-refractivity contribution in [2.24, 2.45) is 5.92 Å². The Bertz CT molecular complexity index is 917. The number of amides is 2. The summed E-state index contributed by atoms with van der Waals surface area (Å²) >= 11 is 0. The van der Waals surface area contributed by atoms with Crippen LogP contribution in [0, 0.1) is 11.7 Å². The highest BCUT2D eigenvalue weighted by molar-refractivity contribution is 5.94. The molecule has 2 amide bonds. The van der Waals surface area contributed by atoms with E-state index in [1.165, 1.54) is 12.1 Å². The van der Waals surface area contributed by atoms with E-state index < -0.39 is 0 Å². The first kappa shape index (κ1) is 23.6. The molecule has 0 radical (unpaired) electrons. The number of nitrogens with one attached hydrogen (secondary N) is 1. The molecule has 0 spiro atoms. The highest BCUT2D eigenvalue weighted by atomic mass is 19.1. The lowest BCUT2D eigenvalue weighted by Crippen LogP contribution is -2.44. The van der Waals surface area contributed by atoms with Crippen molar-refractivity contribution in [1.29, 1.82) is 0 Å². The second-order valence-electron chi connectivity index (χ2n) is 8.04. The SMILES string of the molecule is CCCCOc1ccc(OC)cc1NC(=O)C1CCCN(C(=O)Cc2ccc(F)cc2)C1. The first-order chi connectivity index (χ1) is 15.5. The van der Waals surface area contributed by atoms with Crippen molar-refractivity contribution < 1.29 is 23.5 Å². The van der Waals surface area contributed by atoms with Gasteiger partial charge in [-0.1, -0.05) is 25.5 Å². The van der Waals surface area contributed by atoms with Gasteiger partial charge in [0.1, 0.15) is 17.3 Å². The Labute approximate surface area is 188 Å². The Morgan fingerprint density at radius 2 is 1.97 bits per heavy atom. The van der Waals surface area contributed by atoms with E-state index in [1.807, 2.05) is 0 Å². The van der Waals surface area contributed by atoms with Crippen LogP contribution >= 0.6 is 0 Å². The van der Waals surface area contributed by atoms with Gasteiger partial charge in [-0.25, -0.2) is 4.39 Å². The van der Waals surface area contributed by atoms with Crippen LogP contribution in [0.5, 0.6) is 11.5 Å². The largest absolute Gasteiger partial charge is 0.497 e. The van der Waals surface area contributed by atoms with Gasteiger partial charge in [0.2, 0.25) is 11.8 Å². The van der Waals surface area contributed by atoms with E-state index in [1.54, 1.807) is 42.3 Å². The summed E-state index contributed by atoms with van der Waals surface area (Å²) in [5.41, 5.74) is 1.33. The number of likely N-dealkylation sites (tertiary alicyclic amines) is 1. The molecular formula is C25H31FN2O4. The number of methoxy groups -OCH3 is 1. The van der Waals surface area contributed by atoms with Crippen LogP contribution in [-0.4, -0.2) is 43.5 Å². The molecule has 0 saturated carbocycles. The van der Waals surface area contributed by atoms with Gasteiger partial charge in [-0.2, -0.15) is 0 Å². The molecule has 3 rings (SSSR count). The fraction of sp³-hybridized carbons (Fsp3) is 0.440. The summed E-state index contributed by atoms with van der Waals surface area (Å²) in [6.07, 6.45) is 3.60. The zero-order chi connectivity index (χ0) is 22.9. The number of benzene rings is 2.